The highest BCUT2D eigenvalue weighted by molar-refractivity contribution is 7.10. The number of hydrogen-bond donors (Lipinski definition) is 2. The van der Waals surface area contributed by atoms with E-state index in [0.29, 0.717) is 5.00 Å². The summed E-state index contributed by atoms with van der Waals surface area (Å²) in [5.74, 6) is -1.68. The highest BCUT2D eigenvalue weighted by Crippen LogP contribution is 2.10. The average molecular weight is 250 g/mol. The molecule has 7 nitrogen and oxygen atoms in total. The van der Waals surface area contributed by atoms with E-state index in [9.17, 15) is 9.59 Å². The van der Waals surface area contributed by atoms with E-state index < -0.39 is 11.9 Å². The van der Waals surface area contributed by atoms with Crippen molar-refractivity contribution in [1.82, 2.24) is 14.6 Å². The maximum Gasteiger partial charge on any atom is 0.354 e. The van der Waals surface area contributed by atoms with Gasteiger partial charge in [-0.05, 0) is 12.1 Å². The molecule has 8 heteroatoms. The van der Waals surface area contributed by atoms with Crippen molar-refractivity contribution in [2.45, 2.75) is 0 Å². The van der Waals surface area contributed by atoms with Crippen molar-refractivity contribution < 1.29 is 14.7 Å². The van der Waals surface area contributed by atoms with Crippen molar-refractivity contribution in [1.29, 1.82) is 0 Å². The van der Waals surface area contributed by atoms with Crippen LogP contribution < -0.4 is 5.32 Å². The molecule has 2 heterocycles. The van der Waals surface area contributed by atoms with Gasteiger partial charge in [-0.15, -0.1) is 5.10 Å². The van der Waals surface area contributed by atoms with Crippen molar-refractivity contribution >= 4 is 28.4 Å². The zero-order chi connectivity index (χ0) is 12.3. The van der Waals surface area contributed by atoms with Gasteiger partial charge in [0.05, 0.1) is 6.20 Å². The molecule has 2 rings (SSSR count). The number of pyridine rings is 1. The fourth-order valence-corrected chi connectivity index (χ4v) is 1.49. The molecule has 0 saturated heterocycles. The van der Waals surface area contributed by atoms with Gasteiger partial charge in [-0.25, -0.2) is 9.78 Å². The molecule has 0 aliphatic rings. The maximum absolute atomic E-state index is 11.7. The van der Waals surface area contributed by atoms with E-state index in [1.807, 2.05) is 0 Å². The standard InChI is InChI=1S/C9H6N4O3S/c14-8(12-7-4-10-13-17-7)5-2-1-3-6(11-5)9(15)16/h1-4H,(H,12,14)(H,15,16). The molecule has 0 atom stereocenters. The van der Waals surface area contributed by atoms with Gasteiger partial charge in [-0.3, -0.25) is 4.79 Å². The molecule has 0 unspecified atom stereocenters. The zero-order valence-corrected chi connectivity index (χ0v) is 9.14. The molecule has 0 aliphatic heterocycles. The minimum Gasteiger partial charge on any atom is -0.477 e. The lowest BCUT2D eigenvalue weighted by Crippen LogP contribution is -2.14. The van der Waals surface area contributed by atoms with Gasteiger partial charge in [0.1, 0.15) is 16.4 Å². The summed E-state index contributed by atoms with van der Waals surface area (Å²) in [4.78, 5) is 26.1. The number of aromatic nitrogens is 3. The lowest BCUT2D eigenvalue weighted by atomic mass is 10.3. The van der Waals surface area contributed by atoms with Gasteiger partial charge in [-0.2, -0.15) is 0 Å². The molecule has 2 aromatic heterocycles. The Morgan fingerprint density at radius 1 is 1.29 bits per heavy atom. The second-order valence-corrected chi connectivity index (χ2v) is 3.73. The summed E-state index contributed by atoms with van der Waals surface area (Å²) in [6.07, 6.45) is 1.39. The number of amides is 1. The summed E-state index contributed by atoms with van der Waals surface area (Å²) in [5, 5.41) is 15.3. The van der Waals surface area contributed by atoms with Gasteiger partial charge in [0.15, 0.2) is 0 Å². The number of carbonyl (C=O) groups is 2. The molecule has 2 N–H and O–H groups in total. The first-order valence-electron chi connectivity index (χ1n) is 4.46. The Labute approximate surface area is 99.3 Å². The first kappa shape index (κ1) is 11.1. The van der Waals surface area contributed by atoms with E-state index in [-0.39, 0.29) is 11.4 Å². The van der Waals surface area contributed by atoms with E-state index in [2.05, 4.69) is 19.9 Å². The molecule has 86 valence electrons. The minimum absolute atomic E-state index is 0.0262. The van der Waals surface area contributed by atoms with Gasteiger partial charge in [0.2, 0.25) is 0 Å². The Bertz CT molecular complexity index is 555. The maximum atomic E-state index is 11.7. The molecule has 0 aliphatic carbocycles. The highest BCUT2D eigenvalue weighted by atomic mass is 32.1. The van der Waals surface area contributed by atoms with Crippen LogP contribution in [0.4, 0.5) is 5.00 Å². The topological polar surface area (TPSA) is 105 Å². The SMILES string of the molecule is O=C(O)c1cccc(C(=O)Nc2cnns2)n1. The lowest BCUT2D eigenvalue weighted by Gasteiger charge is -2.01. The monoisotopic (exact) mass is 250 g/mol. The van der Waals surface area contributed by atoms with E-state index >= 15 is 0 Å². The first-order valence-corrected chi connectivity index (χ1v) is 5.23. The van der Waals surface area contributed by atoms with Crippen molar-refractivity contribution in [2.24, 2.45) is 0 Å². The average Bonchev–Trinajstić information content (AvgIpc) is 2.82. The van der Waals surface area contributed by atoms with Gasteiger partial charge in [0.25, 0.3) is 5.91 Å². The Morgan fingerprint density at radius 3 is 2.71 bits per heavy atom. The Balaban J connectivity index is 2.19. The number of hydrogen-bond acceptors (Lipinski definition) is 6. The van der Waals surface area contributed by atoms with Crippen LogP contribution in [0.2, 0.25) is 0 Å². The third kappa shape index (κ3) is 2.61. The highest BCUT2D eigenvalue weighted by Gasteiger charge is 2.12. The van der Waals surface area contributed by atoms with Crippen LogP contribution >= 0.6 is 11.5 Å². The fourth-order valence-electron chi connectivity index (χ4n) is 1.08. The minimum atomic E-state index is -1.18. The van der Waals surface area contributed by atoms with Crippen LogP contribution in [-0.4, -0.2) is 31.6 Å². The first-order chi connectivity index (χ1) is 8.16. The van der Waals surface area contributed by atoms with Crippen molar-refractivity contribution in [3.63, 3.8) is 0 Å². The van der Waals surface area contributed by atoms with Crippen LogP contribution in [-0.2, 0) is 0 Å². The van der Waals surface area contributed by atoms with E-state index in [4.69, 9.17) is 5.11 Å². The third-order valence-corrected chi connectivity index (χ3v) is 2.38. The van der Waals surface area contributed by atoms with Crippen LogP contribution in [0.15, 0.2) is 24.4 Å². The molecular weight excluding hydrogens is 244 g/mol. The van der Waals surface area contributed by atoms with Gasteiger partial charge >= 0.3 is 5.97 Å². The van der Waals surface area contributed by atoms with Crippen LogP contribution in [0.5, 0.6) is 0 Å². The second kappa shape index (κ2) is 4.66. The van der Waals surface area contributed by atoms with Gasteiger partial charge in [-0.1, -0.05) is 10.6 Å². The van der Waals surface area contributed by atoms with E-state index in [1.54, 1.807) is 0 Å². The molecule has 0 aromatic carbocycles. The summed E-state index contributed by atoms with van der Waals surface area (Å²) >= 11 is 1.02. The Hall–Kier alpha value is -2.35. The third-order valence-electron chi connectivity index (χ3n) is 1.80. The quantitative estimate of drug-likeness (QED) is 0.837. The number of carbonyl (C=O) groups excluding carboxylic acids is 1. The summed E-state index contributed by atoms with van der Waals surface area (Å²) in [7, 11) is 0. The number of carboxylic acids is 1. The Kier molecular flexibility index (Phi) is 3.06. The molecule has 1 amide bonds. The fraction of sp³-hybridized carbons (Fsp3) is 0. The van der Waals surface area contributed by atoms with E-state index in [1.165, 1.54) is 24.4 Å². The molecule has 17 heavy (non-hydrogen) atoms. The summed E-state index contributed by atoms with van der Waals surface area (Å²) < 4.78 is 3.58. The lowest BCUT2D eigenvalue weighted by molar-refractivity contribution is 0.0690. The molecule has 0 spiro atoms. The van der Waals surface area contributed by atoms with Crippen molar-refractivity contribution in [2.75, 3.05) is 5.32 Å². The van der Waals surface area contributed by atoms with Crippen LogP contribution in [0, 0.1) is 0 Å². The summed E-state index contributed by atoms with van der Waals surface area (Å²) in [5.41, 5.74) is -0.154. The molecule has 0 radical (unpaired) electrons. The molecule has 0 bridgehead atoms. The number of aromatic carboxylic acids is 1. The largest absolute Gasteiger partial charge is 0.477 e. The van der Waals surface area contributed by atoms with Crippen LogP contribution in [0.25, 0.3) is 0 Å². The number of rotatable bonds is 3. The molecular formula is C9H6N4O3S. The number of nitrogens with one attached hydrogen (secondary N) is 1. The molecule has 0 saturated carbocycles. The zero-order valence-electron chi connectivity index (χ0n) is 8.32. The van der Waals surface area contributed by atoms with Crippen molar-refractivity contribution in [3.05, 3.63) is 35.8 Å². The van der Waals surface area contributed by atoms with Crippen molar-refractivity contribution in [3.8, 4) is 0 Å². The van der Waals surface area contributed by atoms with Gasteiger partial charge < -0.3 is 10.4 Å². The second-order valence-electron chi connectivity index (χ2n) is 2.95. The smallest absolute Gasteiger partial charge is 0.354 e. The van der Waals surface area contributed by atoms with E-state index in [0.717, 1.165) is 11.5 Å². The number of carboxylic acid groups (broad SMARTS) is 1. The summed E-state index contributed by atoms with van der Waals surface area (Å²) in [6.45, 7) is 0. The predicted molar refractivity (Wildman–Crippen MR) is 59.1 cm³/mol. The normalized spacial score (nSPS) is 9.88. The summed E-state index contributed by atoms with van der Waals surface area (Å²) in [6, 6.07) is 4.19. The van der Waals surface area contributed by atoms with Gasteiger partial charge in [0, 0.05) is 11.5 Å². The Morgan fingerprint density at radius 2 is 2.06 bits per heavy atom. The van der Waals surface area contributed by atoms with Crippen LogP contribution in [0.1, 0.15) is 21.0 Å². The number of anilines is 1. The predicted octanol–water partition coefficient (Wildman–Crippen LogP) is 0.884. The number of nitrogens with zero attached hydrogens (tertiary/aromatic N) is 3. The molecule has 2 aromatic rings. The molecule has 0 fully saturated rings. The van der Waals surface area contributed by atoms with Crippen LogP contribution in [0.3, 0.4) is 0 Å².